The average Bonchev–Trinajstić information content (AvgIpc) is 4.11. The zero-order valence-electron chi connectivity index (χ0n) is 44.5. The summed E-state index contributed by atoms with van der Waals surface area (Å²) in [6.45, 7) is 10.1. The molecule has 4 aliphatic rings. The van der Waals surface area contributed by atoms with E-state index < -0.39 is 17.5 Å². The van der Waals surface area contributed by atoms with Crippen molar-refractivity contribution in [3.05, 3.63) is 130 Å². The van der Waals surface area contributed by atoms with E-state index in [-0.39, 0.29) is 35.4 Å². The second kappa shape index (κ2) is 21.5. The number of aryl methyl sites for hydroxylation is 1. The molecule has 7 aromatic rings. The second-order valence-corrected chi connectivity index (χ2v) is 23.3. The van der Waals surface area contributed by atoms with E-state index in [1.165, 1.54) is 16.9 Å². The minimum atomic E-state index is -0.751. The normalized spacial score (nSPS) is 19.3. The molecule has 3 aliphatic heterocycles. The summed E-state index contributed by atoms with van der Waals surface area (Å²) < 4.78 is 15.6. The molecule has 77 heavy (non-hydrogen) atoms. The van der Waals surface area contributed by atoms with Gasteiger partial charge in [-0.15, -0.1) is 0 Å². The number of carbonyl (C=O) groups excluding carboxylic acids is 5. The van der Waals surface area contributed by atoms with Crippen LogP contribution in [0.2, 0.25) is 0 Å². The van der Waals surface area contributed by atoms with E-state index >= 15 is 0 Å². The van der Waals surface area contributed by atoms with E-state index in [0.717, 1.165) is 113 Å². The summed E-state index contributed by atoms with van der Waals surface area (Å²) in [5.41, 5.74) is 8.24. The number of nitrogens with one attached hydrogen (secondary N) is 2. The largest absolute Gasteiger partial charge is 0.490 e. The highest BCUT2D eigenvalue weighted by molar-refractivity contribution is 7.22. The fourth-order valence-corrected chi connectivity index (χ4v) is 12.7. The number of fused-ring (bicyclic) bond motifs is 3. The number of likely N-dealkylation sites (tertiary alicyclic amines) is 1. The number of esters is 1. The quantitative estimate of drug-likeness (QED) is 0.0879. The van der Waals surface area contributed by atoms with Crippen LogP contribution in [0.15, 0.2) is 91.0 Å². The number of ether oxygens (including phenoxy) is 2. The van der Waals surface area contributed by atoms with Crippen molar-refractivity contribution in [2.24, 2.45) is 13.0 Å². The van der Waals surface area contributed by atoms with Gasteiger partial charge in [0.2, 0.25) is 17.7 Å². The summed E-state index contributed by atoms with van der Waals surface area (Å²) in [6, 6.07) is 29.9. The number of nitrogens with zero attached hydrogens (tertiary/aromatic N) is 6. The molecule has 1 saturated carbocycles. The molecule has 1 atom stereocenters. The van der Waals surface area contributed by atoms with Crippen LogP contribution in [0.4, 0.5) is 10.9 Å². The number of benzene rings is 4. The van der Waals surface area contributed by atoms with E-state index in [1.807, 2.05) is 111 Å². The lowest BCUT2D eigenvalue weighted by molar-refractivity contribution is -0.134. The fraction of sp³-hybridized carbons (Fsp3) is 0.410. The van der Waals surface area contributed by atoms with Crippen LogP contribution >= 0.6 is 11.3 Å². The van der Waals surface area contributed by atoms with Crippen LogP contribution in [-0.4, -0.2) is 85.6 Å². The van der Waals surface area contributed by atoms with Crippen molar-refractivity contribution < 1.29 is 33.4 Å². The Labute approximate surface area is 452 Å². The molecular formula is C61H66N8O7S. The van der Waals surface area contributed by atoms with Gasteiger partial charge in [-0.3, -0.25) is 34.5 Å². The summed E-state index contributed by atoms with van der Waals surface area (Å²) in [4.78, 5) is 79.7. The SMILES string of the molecule is Cc1c(OC2CCC(CCC(=O)N3CCC(c4ccc5c(C6CCC(=O)NC6=O)nn(C)c5c4)CC3)CC2)cccc1-c1ccc(N2CCc3cccc(C(=O)Nc4nc5ccccc5s4)c3C2)nc1C(=O)OC(C)(C)C. The van der Waals surface area contributed by atoms with Gasteiger partial charge in [0.25, 0.3) is 5.91 Å². The molecule has 2 saturated heterocycles. The van der Waals surface area contributed by atoms with Crippen molar-refractivity contribution in [3.8, 4) is 16.9 Å². The Kier molecular flexibility index (Phi) is 14.4. The highest BCUT2D eigenvalue weighted by atomic mass is 32.1. The first-order valence-electron chi connectivity index (χ1n) is 27.2. The number of carbonyl (C=O) groups is 5. The van der Waals surface area contributed by atoms with E-state index in [9.17, 15) is 24.0 Å². The zero-order chi connectivity index (χ0) is 53.5. The van der Waals surface area contributed by atoms with E-state index in [0.29, 0.717) is 72.7 Å². The van der Waals surface area contributed by atoms with Gasteiger partial charge in [0.15, 0.2) is 10.8 Å². The Balaban J connectivity index is 0.700. The van der Waals surface area contributed by atoms with Crippen LogP contribution in [0.5, 0.6) is 5.75 Å². The van der Waals surface area contributed by atoms with Gasteiger partial charge in [0, 0.05) is 62.6 Å². The molecule has 0 radical (unpaired) electrons. The molecule has 0 bridgehead atoms. The summed E-state index contributed by atoms with van der Waals surface area (Å²) in [6.07, 6.45) is 8.50. The highest BCUT2D eigenvalue weighted by Crippen LogP contribution is 2.39. The van der Waals surface area contributed by atoms with Gasteiger partial charge in [-0.1, -0.05) is 59.9 Å². The summed E-state index contributed by atoms with van der Waals surface area (Å²) in [5.74, 6) is 0.736. The number of thiazole rings is 1. The first-order valence-corrected chi connectivity index (χ1v) is 28.1. The molecule has 3 fully saturated rings. The Morgan fingerprint density at radius 3 is 2.40 bits per heavy atom. The van der Waals surface area contributed by atoms with Crippen molar-refractivity contribution in [3.63, 3.8) is 0 Å². The van der Waals surface area contributed by atoms with Gasteiger partial charge < -0.3 is 19.3 Å². The van der Waals surface area contributed by atoms with Crippen molar-refractivity contribution in [2.45, 2.75) is 128 Å². The number of hydrogen-bond donors (Lipinski definition) is 2. The molecule has 11 rings (SSSR count). The Morgan fingerprint density at radius 1 is 0.831 bits per heavy atom. The maximum Gasteiger partial charge on any atom is 0.358 e. The van der Waals surface area contributed by atoms with Crippen LogP contribution in [0.1, 0.15) is 146 Å². The number of para-hydroxylation sites is 1. The molecular weight excluding hydrogens is 989 g/mol. The maximum atomic E-state index is 14.1. The van der Waals surface area contributed by atoms with E-state index in [4.69, 9.17) is 19.6 Å². The third-order valence-electron chi connectivity index (χ3n) is 16.0. The van der Waals surface area contributed by atoms with Gasteiger partial charge in [-0.2, -0.15) is 5.10 Å². The Bertz CT molecular complexity index is 3400. The van der Waals surface area contributed by atoms with Crippen molar-refractivity contribution in [1.29, 1.82) is 0 Å². The minimum absolute atomic E-state index is 0.0329. The molecule has 2 N–H and O–H groups in total. The topological polar surface area (TPSA) is 178 Å². The molecule has 1 unspecified atom stereocenters. The monoisotopic (exact) mass is 1050 g/mol. The first kappa shape index (κ1) is 51.6. The van der Waals surface area contributed by atoms with Crippen LogP contribution < -0.4 is 20.3 Å². The number of rotatable bonds is 12. The van der Waals surface area contributed by atoms with Crippen molar-refractivity contribution in [2.75, 3.05) is 29.9 Å². The maximum absolute atomic E-state index is 14.1. The number of amides is 4. The molecule has 6 heterocycles. The smallest absolute Gasteiger partial charge is 0.358 e. The number of anilines is 2. The zero-order valence-corrected chi connectivity index (χ0v) is 45.3. The molecule has 15 nitrogen and oxygen atoms in total. The molecule has 398 valence electrons. The standard InChI is InChI=1S/C61H66N8O7S/c1-36-42(43-23-25-52(63-56(43)59(74)76-61(2,3)4)69-33-30-39-10-8-12-44(47(39)35-69)57(72)65-60-62-48-13-6-7-15-51(48)77-60)11-9-14-50(36)75-41-20-16-37(17-21-41)18-27-54(71)68-31-28-38(29-32-68)40-19-22-45-49(34-40)67(5)66-55(45)46-24-26-53(70)64-58(46)73/h6-15,19,22-23,25,34,37-38,41,46H,16-18,20-21,24,26-33,35H2,1-5H3,(H,62,65,72)(H,64,70,73). The minimum Gasteiger partial charge on any atom is -0.490 e. The molecule has 16 heteroatoms. The lowest BCUT2D eigenvalue weighted by Crippen LogP contribution is -2.39. The van der Waals surface area contributed by atoms with E-state index in [2.05, 4.69) is 44.8 Å². The lowest BCUT2D eigenvalue weighted by Gasteiger charge is -2.33. The van der Waals surface area contributed by atoms with Crippen molar-refractivity contribution >= 4 is 73.0 Å². The van der Waals surface area contributed by atoms with Gasteiger partial charge in [-0.25, -0.2) is 14.8 Å². The molecule has 4 aromatic carbocycles. The predicted octanol–water partition coefficient (Wildman–Crippen LogP) is 11.0. The van der Waals surface area contributed by atoms with Crippen LogP contribution in [0.25, 0.3) is 32.2 Å². The summed E-state index contributed by atoms with van der Waals surface area (Å²) in [5, 5.41) is 11.7. The number of piperidine rings is 2. The third kappa shape index (κ3) is 11.1. The van der Waals surface area contributed by atoms with Gasteiger partial charge >= 0.3 is 5.97 Å². The number of hydrogen-bond acceptors (Lipinski definition) is 12. The second-order valence-electron chi connectivity index (χ2n) is 22.3. The summed E-state index contributed by atoms with van der Waals surface area (Å²) >= 11 is 1.44. The molecule has 3 aromatic heterocycles. The van der Waals surface area contributed by atoms with E-state index in [1.54, 1.807) is 0 Å². The highest BCUT2D eigenvalue weighted by Gasteiger charge is 2.34. The van der Waals surface area contributed by atoms with Crippen LogP contribution in [0.3, 0.4) is 0 Å². The average molecular weight is 1060 g/mol. The Morgan fingerprint density at radius 2 is 1.62 bits per heavy atom. The molecule has 1 aliphatic carbocycles. The number of aromatic nitrogens is 4. The van der Waals surface area contributed by atoms with Gasteiger partial charge in [0.1, 0.15) is 17.2 Å². The van der Waals surface area contributed by atoms with Crippen LogP contribution in [-0.2, 0) is 39.1 Å². The third-order valence-corrected chi connectivity index (χ3v) is 17.0. The first-order chi connectivity index (χ1) is 37.1. The van der Waals surface area contributed by atoms with Gasteiger partial charge in [-0.05, 0) is 168 Å². The molecule has 4 amide bonds. The number of imide groups is 1. The van der Waals surface area contributed by atoms with Crippen molar-refractivity contribution in [1.82, 2.24) is 30.0 Å². The number of pyridine rings is 1. The van der Waals surface area contributed by atoms with Crippen LogP contribution in [0, 0.1) is 12.8 Å². The fourth-order valence-electron chi connectivity index (χ4n) is 11.9. The van der Waals surface area contributed by atoms with Gasteiger partial charge in [0.05, 0.1) is 33.4 Å². The molecule has 0 spiro atoms. The Hall–Kier alpha value is -7.46. The predicted molar refractivity (Wildman–Crippen MR) is 298 cm³/mol. The lowest BCUT2D eigenvalue weighted by atomic mass is 9.84. The summed E-state index contributed by atoms with van der Waals surface area (Å²) in [7, 11) is 1.90.